The number of nitrogens with zero attached hydrogens (tertiary/aromatic N) is 1. The molecule has 1 aromatic rings. The van der Waals surface area contributed by atoms with Crippen LogP contribution in [0.15, 0.2) is 18.2 Å². The molecule has 0 aliphatic rings. The van der Waals surface area contributed by atoms with E-state index in [2.05, 4.69) is 23.1 Å². The Hall–Kier alpha value is -1.20. The zero-order chi connectivity index (χ0) is 10.4. The van der Waals surface area contributed by atoms with Gasteiger partial charge < -0.3 is 5.32 Å². The summed E-state index contributed by atoms with van der Waals surface area (Å²) in [7, 11) is 0. The molecule has 0 saturated carbocycles. The summed E-state index contributed by atoms with van der Waals surface area (Å²) in [6, 6.07) is 5.46. The molecule has 74 valence electrons. The van der Waals surface area contributed by atoms with Gasteiger partial charge in [0.25, 0.3) is 0 Å². The molecule has 0 spiro atoms. The van der Waals surface area contributed by atoms with E-state index in [9.17, 15) is 0 Å². The molecule has 0 aliphatic heterocycles. The second-order valence-electron chi connectivity index (χ2n) is 3.00. The largest absolute Gasteiger partial charge is 0.356 e. The molecule has 3 heteroatoms. The molecule has 0 aromatic carbocycles. The maximum atomic E-state index is 5.75. The minimum Gasteiger partial charge on any atom is -0.356 e. The van der Waals surface area contributed by atoms with Crippen molar-refractivity contribution < 1.29 is 0 Å². The molecule has 2 nitrogen and oxygen atoms in total. The molecule has 1 atom stereocenters. The van der Waals surface area contributed by atoms with Crippen molar-refractivity contribution in [3.63, 3.8) is 0 Å². The average molecular weight is 209 g/mol. The lowest BCUT2D eigenvalue weighted by molar-refractivity contribution is 0.752. The molecule has 14 heavy (non-hydrogen) atoms. The van der Waals surface area contributed by atoms with Gasteiger partial charge in [0.05, 0.1) is 6.04 Å². The van der Waals surface area contributed by atoms with Crippen LogP contribution in [-0.4, -0.2) is 11.0 Å². The fraction of sp³-hybridized carbons (Fsp3) is 0.364. The average Bonchev–Trinajstić information content (AvgIpc) is 2.17. The SMILES string of the molecule is C#CC(CCC)Nc1cccc(Cl)n1. The van der Waals surface area contributed by atoms with Crippen LogP contribution in [0.4, 0.5) is 5.82 Å². The van der Waals surface area contributed by atoms with E-state index < -0.39 is 0 Å². The van der Waals surface area contributed by atoms with Crippen LogP contribution >= 0.6 is 11.6 Å². The molecule has 1 heterocycles. The van der Waals surface area contributed by atoms with Crippen LogP contribution in [0.25, 0.3) is 0 Å². The minimum absolute atomic E-state index is 0.0333. The maximum Gasteiger partial charge on any atom is 0.131 e. The molecular weight excluding hydrogens is 196 g/mol. The number of hydrogen-bond donors (Lipinski definition) is 1. The van der Waals surface area contributed by atoms with Crippen LogP contribution in [0.5, 0.6) is 0 Å². The first-order valence-electron chi connectivity index (χ1n) is 4.61. The van der Waals surface area contributed by atoms with Gasteiger partial charge in [0.15, 0.2) is 0 Å². The predicted octanol–water partition coefficient (Wildman–Crippen LogP) is 2.95. The van der Waals surface area contributed by atoms with E-state index in [0.717, 1.165) is 18.7 Å². The van der Waals surface area contributed by atoms with Gasteiger partial charge in [0, 0.05) is 0 Å². The third-order valence-corrected chi connectivity index (χ3v) is 2.03. The Kier molecular flexibility index (Phi) is 4.28. The summed E-state index contributed by atoms with van der Waals surface area (Å²) in [5.41, 5.74) is 0. The lowest BCUT2D eigenvalue weighted by Gasteiger charge is -2.12. The van der Waals surface area contributed by atoms with Crippen LogP contribution in [0.2, 0.25) is 5.15 Å². The Balaban J connectivity index is 2.63. The molecule has 1 rings (SSSR count). The zero-order valence-corrected chi connectivity index (χ0v) is 8.88. The highest BCUT2D eigenvalue weighted by molar-refractivity contribution is 6.29. The molecule has 0 aliphatic carbocycles. The number of anilines is 1. The van der Waals surface area contributed by atoms with Crippen molar-refractivity contribution in [3.8, 4) is 12.3 Å². The summed E-state index contributed by atoms with van der Waals surface area (Å²) < 4.78 is 0. The summed E-state index contributed by atoms with van der Waals surface area (Å²) in [5.74, 6) is 3.41. The van der Waals surface area contributed by atoms with Gasteiger partial charge in [-0.2, -0.15) is 0 Å². The van der Waals surface area contributed by atoms with Gasteiger partial charge in [-0.1, -0.05) is 36.9 Å². The van der Waals surface area contributed by atoms with Crippen molar-refractivity contribution in [2.75, 3.05) is 5.32 Å². The van der Waals surface area contributed by atoms with Crippen LogP contribution in [-0.2, 0) is 0 Å². The van der Waals surface area contributed by atoms with Crippen LogP contribution in [0, 0.1) is 12.3 Å². The molecule has 1 N–H and O–H groups in total. The Morgan fingerprint density at radius 1 is 1.64 bits per heavy atom. The van der Waals surface area contributed by atoms with Crippen molar-refractivity contribution >= 4 is 17.4 Å². The monoisotopic (exact) mass is 208 g/mol. The molecule has 0 radical (unpaired) electrons. The Morgan fingerprint density at radius 3 is 3.00 bits per heavy atom. The van der Waals surface area contributed by atoms with E-state index in [1.54, 1.807) is 6.07 Å². The lowest BCUT2D eigenvalue weighted by atomic mass is 10.2. The standard InChI is InChI=1S/C11H13ClN2/c1-3-6-9(4-2)13-11-8-5-7-10(12)14-11/h2,5,7-9H,3,6H2,1H3,(H,13,14). The number of rotatable bonds is 4. The van der Waals surface area contributed by atoms with Gasteiger partial charge in [0.2, 0.25) is 0 Å². The third kappa shape index (κ3) is 3.27. The number of terminal acetylenes is 1. The Morgan fingerprint density at radius 2 is 2.43 bits per heavy atom. The van der Waals surface area contributed by atoms with Gasteiger partial charge in [-0.15, -0.1) is 6.42 Å². The molecular formula is C11H13ClN2. The second kappa shape index (κ2) is 5.51. The minimum atomic E-state index is 0.0333. The molecule has 1 aromatic heterocycles. The van der Waals surface area contributed by atoms with Crippen LogP contribution in [0.1, 0.15) is 19.8 Å². The van der Waals surface area contributed by atoms with E-state index >= 15 is 0 Å². The first-order valence-corrected chi connectivity index (χ1v) is 4.99. The summed E-state index contributed by atoms with van der Waals surface area (Å²) in [6.07, 6.45) is 7.35. The summed E-state index contributed by atoms with van der Waals surface area (Å²) in [4.78, 5) is 4.10. The van der Waals surface area contributed by atoms with Crippen LogP contribution in [0.3, 0.4) is 0 Å². The van der Waals surface area contributed by atoms with Crippen molar-refractivity contribution in [2.24, 2.45) is 0 Å². The normalized spacial score (nSPS) is 11.8. The molecule has 1 unspecified atom stereocenters. The van der Waals surface area contributed by atoms with Gasteiger partial charge >= 0.3 is 0 Å². The first kappa shape index (κ1) is 10.9. The molecule has 0 amide bonds. The Bertz CT molecular complexity index is 330. The Labute approximate surface area is 89.7 Å². The number of nitrogens with one attached hydrogen (secondary N) is 1. The van der Waals surface area contributed by atoms with Gasteiger partial charge in [-0.25, -0.2) is 4.98 Å². The van der Waals surface area contributed by atoms with Gasteiger partial charge in [0.1, 0.15) is 11.0 Å². The highest BCUT2D eigenvalue weighted by atomic mass is 35.5. The van der Waals surface area contributed by atoms with E-state index in [0.29, 0.717) is 5.15 Å². The highest BCUT2D eigenvalue weighted by Gasteiger charge is 2.03. The predicted molar refractivity (Wildman–Crippen MR) is 60.4 cm³/mol. The van der Waals surface area contributed by atoms with Gasteiger partial charge in [-0.3, -0.25) is 0 Å². The first-order chi connectivity index (χ1) is 6.76. The van der Waals surface area contributed by atoms with E-state index in [4.69, 9.17) is 18.0 Å². The van der Waals surface area contributed by atoms with Crippen molar-refractivity contribution in [1.29, 1.82) is 0 Å². The quantitative estimate of drug-likeness (QED) is 0.608. The zero-order valence-electron chi connectivity index (χ0n) is 8.13. The number of aromatic nitrogens is 1. The molecule has 0 fully saturated rings. The number of pyridine rings is 1. The van der Waals surface area contributed by atoms with E-state index in [1.807, 2.05) is 12.1 Å². The number of hydrogen-bond acceptors (Lipinski definition) is 2. The van der Waals surface area contributed by atoms with Crippen molar-refractivity contribution in [2.45, 2.75) is 25.8 Å². The summed E-state index contributed by atoms with van der Waals surface area (Å²) in [6.45, 7) is 2.09. The van der Waals surface area contributed by atoms with E-state index in [1.165, 1.54) is 0 Å². The lowest BCUT2D eigenvalue weighted by Crippen LogP contribution is -2.17. The van der Waals surface area contributed by atoms with E-state index in [-0.39, 0.29) is 6.04 Å². The summed E-state index contributed by atoms with van der Waals surface area (Å²) in [5, 5.41) is 3.61. The van der Waals surface area contributed by atoms with Crippen molar-refractivity contribution in [3.05, 3.63) is 23.4 Å². The topological polar surface area (TPSA) is 24.9 Å². The highest BCUT2D eigenvalue weighted by Crippen LogP contribution is 2.11. The third-order valence-electron chi connectivity index (χ3n) is 1.82. The summed E-state index contributed by atoms with van der Waals surface area (Å²) >= 11 is 5.75. The van der Waals surface area contributed by atoms with Crippen LogP contribution < -0.4 is 5.32 Å². The van der Waals surface area contributed by atoms with Gasteiger partial charge in [-0.05, 0) is 18.6 Å². The maximum absolute atomic E-state index is 5.75. The fourth-order valence-electron chi connectivity index (χ4n) is 1.15. The smallest absolute Gasteiger partial charge is 0.131 e. The molecule has 0 saturated heterocycles. The number of halogens is 1. The van der Waals surface area contributed by atoms with Crippen molar-refractivity contribution in [1.82, 2.24) is 4.98 Å². The molecule has 0 bridgehead atoms. The fourth-order valence-corrected chi connectivity index (χ4v) is 1.32. The second-order valence-corrected chi connectivity index (χ2v) is 3.39.